The van der Waals surface area contributed by atoms with Gasteiger partial charge in [0.1, 0.15) is 102 Å². The summed E-state index contributed by atoms with van der Waals surface area (Å²) in [6, 6.07) is 24.8. The number of rotatable bonds is 3. The van der Waals surface area contributed by atoms with E-state index < -0.39 is 0 Å². The molecule has 0 unspecified atom stereocenters. The third-order valence-electron chi connectivity index (χ3n) is 12.9. The molecule has 7 rings (SSSR count). The Morgan fingerprint density at radius 1 is 0.245 bits per heavy atom. The normalized spacial score (nSPS) is 11.5. The zero-order valence-corrected chi connectivity index (χ0v) is 31.9. The van der Waals surface area contributed by atoms with Crippen LogP contribution in [0.15, 0.2) is 66.7 Å². The first-order valence-electron chi connectivity index (χ1n) is 17.9. The lowest BCUT2D eigenvalue weighted by Gasteiger charge is -2.30. The summed E-state index contributed by atoms with van der Waals surface area (Å²) < 4.78 is 0. The van der Waals surface area contributed by atoms with E-state index in [-0.39, 0.29) is 0 Å². The van der Waals surface area contributed by atoms with Gasteiger partial charge in [-0.1, -0.05) is 87.4 Å². The Hall–Kier alpha value is -3.84. The molecule has 13 heteroatoms. The molecule has 0 heterocycles. The molecule has 0 spiro atoms. The topological polar surface area (TPSA) is 0 Å². The summed E-state index contributed by atoms with van der Waals surface area (Å²) in [5.41, 5.74) is 26.2. The predicted octanol–water partition coefficient (Wildman–Crippen LogP) is -12.5. The monoisotopic (exact) mass is 612 g/mol. The fraction of sp³-hybridized carbons (Fsp3) is 0. The first kappa shape index (κ1) is 33.7. The van der Waals surface area contributed by atoms with Gasteiger partial charge in [0, 0.05) is 0 Å². The van der Waals surface area contributed by atoms with Crippen molar-refractivity contribution < 1.29 is 0 Å². The van der Waals surface area contributed by atoms with Gasteiger partial charge in [-0.25, -0.2) is 0 Å². The highest BCUT2D eigenvalue weighted by Gasteiger charge is 2.27. The van der Waals surface area contributed by atoms with Gasteiger partial charge in [0.15, 0.2) is 0 Å². The van der Waals surface area contributed by atoms with Gasteiger partial charge in [-0.3, -0.25) is 0 Å². The van der Waals surface area contributed by atoms with Crippen molar-refractivity contribution in [3.05, 3.63) is 66.7 Å². The van der Waals surface area contributed by atoms with E-state index in [4.69, 9.17) is 0 Å². The van der Waals surface area contributed by atoms with E-state index in [2.05, 4.69) is 169 Å². The van der Waals surface area contributed by atoms with Gasteiger partial charge in [0.25, 0.3) is 0 Å². The zero-order valence-electron chi connectivity index (χ0n) is 31.9. The second-order valence-corrected chi connectivity index (χ2v) is 14.9. The minimum absolute atomic E-state index is 1.25. The number of hydrogen-bond acceptors (Lipinski definition) is 0. The van der Waals surface area contributed by atoms with Gasteiger partial charge < -0.3 is 0 Å². The highest BCUT2D eigenvalue weighted by Crippen LogP contribution is 2.40. The van der Waals surface area contributed by atoms with E-state index in [0.717, 1.165) is 0 Å². The molecular weight excluding hydrogens is 573 g/mol. The van der Waals surface area contributed by atoms with Crippen molar-refractivity contribution in [3.63, 3.8) is 0 Å². The van der Waals surface area contributed by atoms with Crippen LogP contribution < -0.4 is 71.0 Å². The number of benzene rings is 7. The summed E-state index contributed by atoms with van der Waals surface area (Å²) >= 11 is 0. The van der Waals surface area contributed by atoms with Crippen molar-refractivity contribution in [3.8, 4) is 33.4 Å². The first-order chi connectivity index (χ1) is 23.3. The molecule has 0 aliphatic heterocycles. The van der Waals surface area contributed by atoms with Gasteiger partial charge >= 0.3 is 0 Å². The molecular formula is C36H37B13. The molecule has 0 radical (unpaired) electrons. The molecule has 7 aromatic carbocycles. The molecule has 0 saturated heterocycles. The van der Waals surface area contributed by atoms with E-state index in [9.17, 15) is 0 Å². The van der Waals surface area contributed by atoms with Gasteiger partial charge in [-0.05, 0) is 77.8 Å². The SMILES string of the molecule is Bc1c(B)c(B)c(-c2c3c(B)c(B)c(B)c(B)c3c(-c3ccc4cc(-c5ccccc5)ccc4c3)c3c(B)c(B)c(B)c(B)c23)c(B)c1B. The quantitative estimate of drug-likeness (QED) is 0.138. The van der Waals surface area contributed by atoms with Crippen LogP contribution in [0.25, 0.3) is 65.7 Å². The highest BCUT2D eigenvalue weighted by molar-refractivity contribution is 6.73. The Morgan fingerprint density at radius 3 is 1.04 bits per heavy atom. The molecule has 0 nitrogen and oxygen atoms in total. The van der Waals surface area contributed by atoms with Crippen LogP contribution in [-0.4, -0.2) is 102 Å². The minimum Gasteiger partial charge on any atom is -0.102 e. The van der Waals surface area contributed by atoms with E-state index in [1.54, 1.807) is 0 Å². The molecule has 0 saturated carbocycles. The van der Waals surface area contributed by atoms with E-state index in [0.29, 0.717) is 0 Å². The van der Waals surface area contributed by atoms with Crippen molar-refractivity contribution in [2.75, 3.05) is 0 Å². The van der Waals surface area contributed by atoms with Crippen LogP contribution in [0.2, 0.25) is 0 Å². The predicted molar refractivity (Wildman–Crippen MR) is 262 cm³/mol. The zero-order chi connectivity index (χ0) is 35.2. The maximum absolute atomic E-state index is 2.45. The molecule has 0 atom stereocenters. The Balaban J connectivity index is 1.73. The van der Waals surface area contributed by atoms with Gasteiger partial charge in [0.2, 0.25) is 0 Å². The van der Waals surface area contributed by atoms with Gasteiger partial charge in [0.05, 0.1) is 0 Å². The molecule has 0 aromatic heterocycles. The highest BCUT2D eigenvalue weighted by atomic mass is 14.3. The number of fused-ring (bicyclic) bond motifs is 3. The maximum Gasteiger partial charge on any atom is 0.139 e. The van der Waals surface area contributed by atoms with Crippen LogP contribution in [-0.2, 0) is 0 Å². The van der Waals surface area contributed by atoms with Crippen molar-refractivity contribution in [1.82, 2.24) is 0 Å². The third-order valence-corrected chi connectivity index (χ3v) is 12.9. The Kier molecular flexibility index (Phi) is 8.37. The van der Waals surface area contributed by atoms with E-state index in [1.165, 1.54) is 137 Å². The van der Waals surface area contributed by atoms with Crippen molar-refractivity contribution in [2.45, 2.75) is 0 Å². The third kappa shape index (κ3) is 4.93. The van der Waals surface area contributed by atoms with Crippen LogP contribution in [0.1, 0.15) is 0 Å². The Bertz CT molecular complexity index is 2470. The van der Waals surface area contributed by atoms with Crippen LogP contribution in [0, 0.1) is 0 Å². The minimum atomic E-state index is 1.25. The summed E-state index contributed by atoms with van der Waals surface area (Å²) in [5, 5.41) is 8.19. The van der Waals surface area contributed by atoms with Crippen molar-refractivity contribution >= 4 is 205 Å². The first-order valence-corrected chi connectivity index (χ1v) is 17.9. The maximum atomic E-state index is 2.45. The number of hydrogen-bond donors (Lipinski definition) is 0. The van der Waals surface area contributed by atoms with Crippen LogP contribution >= 0.6 is 0 Å². The van der Waals surface area contributed by atoms with Crippen molar-refractivity contribution in [1.29, 1.82) is 0 Å². The summed E-state index contributed by atoms with van der Waals surface area (Å²) in [6.07, 6.45) is 0. The second kappa shape index (κ2) is 12.2. The summed E-state index contributed by atoms with van der Waals surface area (Å²) in [5.74, 6) is 0. The summed E-state index contributed by atoms with van der Waals surface area (Å²) in [4.78, 5) is 0. The average molecular weight is 610 g/mol. The molecule has 0 aliphatic rings. The molecule has 220 valence electrons. The van der Waals surface area contributed by atoms with Gasteiger partial charge in [-0.2, -0.15) is 0 Å². The Morgan fingerprint density at radius 2 is 0.592 bits per heavy atom. The molecule has 0 N–H and O–H groups in total. The molecule has 0 bridgehead atoms. The van der Waals surface area contributed by atoms with E-state index >= 15 is 0 Å². The molecule has 0 aliphatic carbocycles. The lowest BCUT2D eigenvalue weighted by molar-refractivity contribution is 1.64. The standard InChI is InChI=1S/C36H37B13/c37-24-19-17(16-9-8-14-10-13(6-7-15(14)11-16)12-4-2-1-3-5-12)20-22(27(40)33(46)31(44)25(20)38)18(21(19)26(39)32(45)30(24)43)23-28(41)34(47)36(49)35(48)29(23)42/h1-11H,37-49H2. The van der Waals surface area contributed by atoms with Crippen molar-refractivity contribution in [2.24, 2.45) is 0 Å². The van der Waals surface area contributed by atoms with Crippen LogP contribution in [0.3, 0.4) is 0 Å². The van der Waals surface area contributed by atoms with Gasteiger partial charge in [-0.15, -0.1) is 38.2 Å². The molecule has 0 fully saturated rings. The fourth-order valence-corrected chi connectivity index (χ4v) is 8.75. The molecule has 7 aromatic rings. The Labute approximate surface area is 304 Å². The largest absolute Gasteiger partial charge is 0.139 e. The summed E-state index contributed by atoms with van der Waals surface area (Å²) in [6.45, 7) is 0. The molecule has 0 amide bonds. The van der Waals surface area contributed by atoms with Crippen LogP contribution in [0.5, 0.6) is 0 Å². The van der Waals surface area contributed by atoms with E-state index in [1.807, 2.05) is 0 Å². The summed E-state index contributed by atoms with van der Waals surface area (Å²) in [7, 11) is 30.4. The second-order valence-electron chi connectivity index (χ2n) is 14.9. The fourth-order valence-electron chi connectivity index (χ4n) is 8.75. The lowest BCUT2D eigenvalue weighted by atomic mass is 9.56. The smallest absolute Gasteiger partial charge is 0.102 e. The average Bonchev–Trinajstić information content (AvgIpc) is 3.12. The van der Waals surface area contributed by atoms with Crippen LogP contribution in [0.4, 0.5) is 0 Å². The molecule has 49 heavy (non-hydrogen) atoms. The lowest BCUT2D eigenvalue weighted by Crippen LogP contribution is -2.55.